The molecule has 0 spiro atoms. The average molecular weight is 321 g/mol. The van der Waals surface area contributed by atoms with Crippen molar-refractivity contribution < 1.29 is 19.1 Å². The molecule has 5 nitrogen and oxygen atoms in total. The van der Waals surface area contributed by atoms with E-state index < -0.39 is 5.60 Å². The number of hydrogen-bond acceptors (Lipinski definition) is 5. The van der Waals surface area contributed by atoms with Crippen LogP contribution in [0.5, 0.6) is 0 Å². The van der Waals surface area contributed by atoms with Crippen LogP contribution in [0.2, 0.25) is 0 Å². The minimum atomic E-state index is -0.548. The van der Waals surface area contributed by atoms with E-state index in [4.69, 9.17) is 9.47 Å². The molecule has 0 amide bonds. The summed E-state index contributed by atoms with van der Waals surface area (Å²) in [5.41, 5.74) is 0.474. The van der Waals surface area contributed by atoms with E-state index in [1.165, 1.54) is 0 Å². The molecule has 0 aliphatic carbocycles. The summed E-state index contributed by atoms with van der Waals surface area (Å²) in [5, 5.41) is 0. The van der Waals surface area contributed by atoms with Crippen molar-refractivity contribution in [3.05, 3.63) is 35.9 Å². The summed E-state index contributed by atoms with van der Waals surface area (Å²) < 4.78 is 10.5. The van der Waals surface area contributed by atoms with Gasteiger partial charge in [-0.15, -0.1) is 0 Å². The van der Waals surface area contributed by atoms with Gasteiger partial charge in [-0.25, -0.2) is 0 Å². The third kappa shape index (κ3) is 8.98. The van der Waals surface area contributed by atoms with Crippen molar-refractivity contribution in [3.63, 3.8) is 0 Å². The smallest absolute Gasteiger partial charge is 0.320 e. The molecule has 0 saturated heterocycles. The van der Waals surface area contributed by atoms with Crippen LogP contribution in [0.25, 0.3) is 0 Å². The molecule has 0 atom stereocenters. The van der Waals surface area contributed by atoms with Crippen LogP contribution in [-0.2, 0) is 25.6 Å². The predicted molar refractivity (Wildman–Crippen MR) is 88.8 cm³/mol. The summed E-state index contributed by atoms with van der Waals surface area (Å²) in [4.78, 5) is 25.7. The Kier molecular flexibility index (Phi) is 7.23. The van der Waals surface area contributed by atoms with Gasteiger partial charge in [0.1, 0.15) is 5.60 Å². The Hall–Kier alpha value is -1.88. The van der Waals surface area contributed by atoms with Crippen LogP contribution in [-0.4, -0.2) is 41.6 Å². The molecular formula is C18H27NO4. The second kappa shape index (κ2) is 8.67. The Morgan fingerprint density at radius 1 is 1.04 bits per heavy atom. The fourth-order valence-electron chi connectivity index (χ4n) is 2.05. The third-order valence-corrected chi connectivity index (χ3v) is 2.74. The molecule has 0 heterocycles. The zero-order chi connectivity index (χ0) is 17.5. The Labute approximate surface area is 138 Å². The van der Waals surface area contributed by atoms with Crippen LogP contribution in [0.3, 0.4) is 0 Å². The van der Waals surface area contributed by atoms with E-state index in [1.54, 1.807) is 18.7 Å². The van der Waals surface area contributed by atoms with Gasteiger partial charge in [-0.1, -0.05) is 30.3 Å². The van der Waals surface area contributed by atoms with Crippen molar-refractivity contribution in [1.82, 2.24) is 4.90 Å². The third-order valence-electron chi connectivity index (χ3n) is 2.74. The molecule has 0 saturated carbocycles. The van der Waals surface area contributed by atoms with Crippen molar-refractivity contribution >= 4 is 11.9 Å². The van der Waals surface area contributed by atoms with E-state index in [0.717, 1.165) is 5.56 Å². The quantitative estimate of drug-likeness (QED) is 0.723. The second-order valence-electron chi connectivity index (χ2n) is 6.76. The number of hydrogen-bond donors (Lipinski definition) is 0. The van der Waals surface area contributed by atoms with Crippen LogP contribution >= 0.6 is 0 Å². The highest BCUT2D eigenvalue weighted by Gasteiger charge is 2.21. The lowest BCUT2D eigenvalue weighted by molar-refractivity contribution is -0.157. The number of carbonyl (C=O) groups excluding carboxylic acids is 2. The molecule has 0 aliphatic rings. The first-order valence-corrected chi connectivity index (χ1v) is 7.83. The minimum Gasteiger partial charge on any atom is -0.462 e. The molecule has 23 heavy (non-hydrogen) atoms. The number of carbonyl (C=O) groups is 2. The second-order valence-corrected chi connectivity index (χ2v) is 6.76. The lowest BCUT2D eigenvalue weighted by Crippen LogP contribution is -2.38. The zero-order valence-corrected chi connectivity index (χ0v) is 14.7. The van der Waals surface area contributed by atoms with Crippen LogP contribution in [0.4, 0.5) is 0 Å². The van der Waals surface area contributed by atoms with Crippen LogP contribution in [0, 0.1) is 0 Å². The minimum absolute atomic E-state index is 0.0410. The van der Waals surface area contributed by atoms with Gasteiger partial charge in [-0.2, -0.15) is 0 Å². The highest BCUT2D eigenvalue weighted by Crippen LogP contribution is 2.10. The number of nitrogens with zero attached hydrogens (tertiary/aromatic N) is 1. The first-order valence-electron chi connectivity index (χ1n) is 7.83. The van der Waals surface area contributed by atoms with Crippen molar-refractivity contribution in [2.24, 2.45) is 0 Å². The van der Waals surface area contributed by atoms with Crippen LogP contribution in [0.1, 0.15) is 40.2 Å². The summed E-state index contributed by atoms with van der Waals surface area (Å²) in [6.45, 7) is 9.62. The summed E-state index contributed by atoms with van der Waals surface area (Å²) in [7, 11) is 0. The highest BCUT2D eigenvalue weighted by atomic mass is 16.6. The van der Waals surface area contributed by atoms with E-state index in [9.17, 15) is 9.59 Å². The van der Waals surface area contributed by atoms with Crippen molar-refractivity contribution in [3.8, 4) is 0 Å². The standard InChI is InChI=1S/C18H27NO4/c1-14(2)22-16(20)12-19(11-15-9-7-6-8-10-15)13-17(21)23-18(3,4)5/h6-10,14H,11-13H2,1-5H3. The fraction of sp³-hybridized carbons (Fsp3) is 0.556. The molecule has 5 heteroatoms. The Balaban J connectivity index is 2.71. The van der Waals surface area contributed by atoms with E-state index in [1.807, 2.05) is 51.1 Å². The van der Waals surface area contributed by atoms with Crippen molar-refractivity contribution in [2.45, 2.75) is 52.9 Å². The van der Waals surface area contributed by atoms with E-state index >= 15 is 0 Å². The van der Waals surface area contributed by atoms with Crippen molar-refractivity contribution in [2.75, 3.05) is 13.1 Å². The van der Waals surface area contributed by atoms with E-state index in [0.29, 0.717) is 6.54 Å². The van der Waals surface area contributed by atoms with Crippen LogP contribution < -0.4 is 0 Å². The van der Waals surface area contributed by atoms with Gasteiger partial charge in [0.25, 0.3) is 0 Å². The molecular weight excluding hydrogens is 294 g/mol. The van der Waals surface area contributed by atoms with Gasteiger partial charge in [0.05, 0.1) is 19.2 Å². The molecule has 0 bridgehead atoms. The lowest BCUT2D eigenvalue weighted by Gasteiger charge is -2.24. The lowest BCUT2D eigenvalue weighted by atomic mass is 10.2. The SMILES string of the molecule is CC(C)OC(=O)CN(CC(=O)OC(C)(C)C)Cc1ccccc1. The van der Waals surface area contributed by atoms with E-state index in [-0.39, 0.29) is 31.1 Å². The molecule has 0 unspecified atom stereocenters. The van der Waals surface area contributed by atoms with Gasteiger partial charge in [0.15, 0.2) is 0 Å². The molecule has 128 valence electrons. The molecule has 1 rings (SSSR count). The Morgan fingerprint density at radius 3 is 2.13 bits per heavy atom. The number of benzene rings is 1. The molecule has 1 aromatic rings. The topological polar surface area (TPSA) is 55.8 Å². The first-order chi connectivity index (χ1) is 10.7. The molecule has 0 aromatic heterocycles. The maximum atomic E-state index is 12.0. The summed E-state index contributed by atoms with van der Waals surface area (Å²) in [6.07, 6.45) is -0.178. The predicted octanol–water partition coefficient (Wildman–Crippen LogP) is 2.78. The Bertz CT molecular complexity index is 506. The van der Waals surface area contributed by atoms with Crippen molar-refractivity contribution in [1.29, 1.82) is 0 Å². The summed E-state index contributed by atoms with van der Waals surface area (Å²) in [5.74, 6) is -0.703. The van der Waals surface area contributed by atoms with Gasteiger partial charge in [-0.3, -0.25) is 14.5 Å². The molecule has 0 aliphatic heterocycles. The number of rotatable bonds is 7. The maximum absolute atomic E-state index is 12.0. The van der Waals surface area contributed by atoms with Gasteiger partial charge >= 0.3 is 11.9 Å². The van der Waals surface area contributed by atoms with Gasteiger partial charge in [0, 0.05) is 6.54 Å². The average Bonchev–Trinajstić information content (AvgIpc) is 2.35. The number of ether oxygens (including phenoxy) is 2. The summed E-state index contributed by atoms with van der Waals surface area (Å²) in [6, 6.07) is 9.68. The normalized spacial score (nSPS) is 11.6. The molecule has 0 N–H and O–H groups in total. The first kappa shape index (κ1) is 19.2. The van der Waals surface area contributed by atoms with Gasteiger partial charge < -0.3 is 9.47 Å². The van der Waals surface area contributed by atoms with Crippen LogP contribution in [0.15, 0.2) is 30.3 Å². The fourth-order valence-corrected chi connectivity index (χ4v) is 2.05. The number of esters is 2. The summed E-state index contributed by atoms with van der Waals surface area (Å²) >= 11 is 0. The van der Waals surface area contributed by atoms with E-state index in [2.05, 4.69) is 0 Å². The van der Waals surface area contributed by atoms with Gasteiger partial charge in [-0.05, 0) is 40.2 Å². The molecule has 1 aromatic carbocycles. The molecule has 0 fully saturated rings. The zero-order valence-electron chi connectivity index (χ0n) is 14.7. The highest BCUT2D eigenvalue weighted by molar-refractivity contribution is 5.75. The molecule has 0 radical (unpaired) electrons. The monoisotopic (exact) mass is 321 g/mol. The largest absolute Gasteiger partial charge is 0.462 e. The maximum Gasteiger partial charge on any atom is 0.320 e. The van der Waals surface area contributed by atoms with Gasteiger partial charge in [0.2, 0.25) is 0 Å². The Morgan fingerprint density at radius 2 is 1.61 bits per heavy atom.